The lowest BCUT2D eigenvalue weighted by Crippen LogP contribution is -2.16. The van der Waals surface area contributed by atoms with Gasteiger partial charge in [-0.2, -0.15) is 5.10 Å². The topological polar surface area (TPSA) is 126 Å². The summed E-state index contributed by atoms with van der Waals surface area (Å²) in [4.78, 5) is 26.2. The minimum Gasteiger partial charge on any atom is -0.393 e. The van der Waals surface area contributed by atoms with Crippen LogP contribution >= 0.6 is 11.6 Å². The van der Waals surface area contributed by atoms with E-state index < -0.39 is 25.3 Å². The number of aliphatic hydroxyl groups is 2. The molecule has 37 heavy (non-hydrogen) atoms. The van der Waals surface area contributed by atoms with Gasteiger partial charge in [0, 0.05) is 29.7 Å². The maximum atomic E-state index is 13.8. The summed E-state index contributed by atoms with van der Waals surface area (Å²) in [6.07, 6.45) is 3.33. The minimum absolute atomic E-state index is 0.0567. The van der Waals surface area contributed by atoms with Crippen molar-refractivity contribution in [1.29, 1.82) is 0 Å². The predicted molar refractivity (Wildman–Crippen MR) is 136 cm³/mol. The van der Waals surface area contributed by atoms with Gasteiger partial charge in [-0.25, -0.2) is 19.0 Å². The van der Waals surface area contributed by atoms with Crippen molar-refractivity contribution >= 4 is 34.4 Å². The quantitative estimate of drug-likeness (QED) is 0.293. The highest BCUT2D eigenvalue weighted by Crippen LogP contribution is 2.31. The van der Waals surface area contributed by atoms with Crippen LogP contribution in [0.1, 0.15) is 27.6 Å². The number of nitrogens with zero attached hydrogens (tertiary/aromatic N) is 5. The average Bonchev–Trinajstić information content (AvgIpc) is 3.30. The van der Waals surface area contributed by atoms with Gasteiger partial charge in [0.05, 0.1) is 22.9 Å². The molecule has 0 saturated carbocycles. The van der Waals surface area contributed by atoms with Gasteiger partial charge in [0.2, 0.25) is 0 Å². The second kappa shape index (κ2) is 10.4. The number of para-hydroxylation sites is 1. The lowest BCUT2D eigenvalue weighted by molar-refractivity contribution is 0.0954. The Morgan fingerprint density at radius 3 is 2.54 bits per heavy atom. The summed E-state index contributed by atoms with van der Waals surface area (Å²) in [6, 6.07) is 15.2. The van der Waals surface area contributed by atoms with Crippen LogP contribution in [-0.4, -0.2) is 47.5 Å². The molecule has 1 unspecified atom stereocenters. The van der Waals surface area contributed by atoms with Gasteiger partial charge in [0.15, 0.2) is 11.6 Å². The summed E-state index contributed by atoms with van der Waals surface area (Å²) in [6.45, 7) is -1.29. The Labute approximate surface area is 215 Å². The first-order valence-corrected chi connectivity index (χ1v) is 11.6. The summed E-state index contributed by atoms with van der Waals surface area (Å²) in [5.74, 6) is -0.0514. The monoisotopic (exact) mass is 518 g/mol. The number of pyridine rings is 1. The number of anilines is 1. The molecule has 5 aromatic rings. The number of hydrogen-bond acceptors (Lipinski definition) is 7. The normalized spacial score (nSPS) is 12.0. The smallest absolute Gasteiger partial charge is 0.258 e. The Bertz CT molecular complexity index is 1580. The summed E-state index contributed by atoms with van der Waals surface area (Å²) >= 11 is 6.39. The van der Waals surface area contributed by atoms with Crippen molar-refractivity contribution < 1.29 is 19.4 Å². The molecule has 0 saturated heterocycles. The molecule has 0 aliphatic carbocycles. The van der Waals surface area contributed by atoms with Crippen LogP contribution in [0.2, 0.25) is 5.02 Å². The van der Waals surface area contributed by atoms with E-state index in [1.165, 1.54) is 35.4 Å². The number of aliphatic hydroxyl groups excluding tert-OH is 2. The number of rotatable bonds is 7. The second-order valence-corrected chi connectivity index (χ2v) is 8.49. The number of nitrogens with one attached hydrogen (secondary N) is 1. The van der Waals surface area contributed by atoms with Crippen LogP contribution in [0.5, 0.6) is 0 Å². The zero-order valence-electron chi connectivity index (χ0n) is 19.2. The highest BCUT2D eigenvalue weighted by Gasteiger charge is 2.22. The number of carbonyl (C=O) groups is 1. The van der Waals surface area contributed by atoms with Crippen molar-refractivity contribution in [2.24, 2.45) is 0 Å². The van der Waals surface area contributed by atoms with Crippen LogP contribution in [0.4, 0.5) is 10.2 Å². The third-order valence-corrected chi connectivity index (χ3v) is 6.02. The molecule has 3 aromatic heterocycles. The van der Waals surface area contributed by atoms with E-state index in [9.17, 15) is 19.4 Å². The zero-order valence-corrected chi connectivity index (χ0v) is 20.0. The first-order chi connectivity index (χ1) is 18.0. The summed E-state index contributed by atoms with van der Waals surface area (Å²) < 4.78 is 15.3. The predicted octanol–water partition coefficient (Wildman–Crippen LogP) is 4.28. The Hall–Kier alpha value is -4.25. The molecule has 0 fully saturated rings. The molecular weight excluding hydrogens is 499 g/mol. The number of alkyl halides is 1. The molecular formula is C26H20ClFN6O3. The van der Waals surface area contributed by atoms with Crippen molar-refractivity contribution in [1.82, 2.24) is 24.7 Å². The van der Waals surface area contributed by atoms with Gasteiger partial charge in [-0.1, -0.05) is 29.8 Å². The summed E-state index contributed by atoms with van der Waals surface area (Å²) in [5, 5.41) is 26.8. The van der Waals surface area contributed by atoms with E-state index >= 15 is 0 Å². The largest absolute Gasteiger partial charge is 0.393 e. The lowest BCUT2D eigenvalue weighted by Gasteiger charge is -2.13. The van der Waals surface area contributed by atoms with Crippen molar-refractivity contribution in [2.75, 3.05) is 11.9 Å². The standard InChI is InChI=1S/C26H20ClFN6O3/c27-20-9-15(12-28)18(24-29-7-4-8-30-24)11-19(20)26(37)32-25-23-21(10-16(13-31-23)22(36)14-35)33-34(25)17-5-2-1-3-6-17/h1-11,13,22,35-36H,12,14H2,(H,32,37). The van der Waals surface area contributed by atoms with Crippen molar-refractivity contribution in [2.45, 2.75) is 12.8 Å². The fourth-order valence-corrected chi connectivity index (χ4v) is 4.13. The van der Waals surface area contributed by atoms with Crippen LogP contribution in [0.3, 0.4) is 0 Å². The molecule has 11 heteroatoms. The van der Waals surface area contributed by atoms with Gasteiger partial charge >= 0.3 is 0 Å². The van der Waals surface area contributed by atoms with Crippen LogP contribution in [0.25, 0.3) is 28.1 Å². The summed E-state index contributed by atoms with van der Waals surface area (Å²) in [7, 11) is 0. The number of halogens is 2. The molecule has 186 valence electrons. The van der Waals surface area contributed by atoms with Gasteiger partial charge in [-0.15, -0.1) is 0 Å². The Balaban J connectivity index is 1.61. The van der Waals surface area contributed by atoms with Gasteiger partial charge in [-0.05, 0) is 42.0 Å². The van der Waals surface area contributed by atoms with E-state index in [0.29, 0.717) is 27.8 Å². The second-order valence-electron chi connectivity index (χ2n) is 8.08. The van der Waals surface area contributed by atoms with Gasteiger partial charge < -0.3 is 15.5 Å². The molecule has 0 aliphatic rings. The number of benzene rings is 2. The van der Waals surface area contributed by atoms with Gasteiger partial charge in [-0.3, -0.25) is 9.78 Å². The maximum absolute atomic E-state index is 13.8. The van der Waals surface area contributed by atoms with Crippen LogP contribution < -0.4 is 5.32 Å². The maximum Gasteiger partial charge on any atom is 0.258 e. The molecule has 5 rings (SSSR count). The van der Waals surface area contributed by atoms with Crippen LogP contribution in [0.15, 0.2) is 73.2 Å². The molecule has 0 aliphatic heterocycles. The van der Waals surface area contributed by atoms with E-state index in [1.54, 1.807) is 24.3 Å². The molecule has 1 atom stereocenters. The van der Waals surface area contributed by atoms with E-state index in [2.05, 4.69) is 25.4 Å². The number of amides is 1. The van der Waals surface area contributed by atoms with E-state index in [1.807, 2.05) is 18.2 Å². The molecule has 0 spiro atoms. The molecule has 9 nitrogen and oxygen atoms in total. The number of hydrogen-bond donors (Lipinski definition) is 3. The van der Waals surface area contributed by atoms with Gasteiger partial charge in [0.25, 0.3) is 5.91 Å². The Morgan fingerprint density at radius 2 is 1.84 bits per heavy atom. The van der Waals surface area contributed by atoms with E-state index in [0.717, 1.165) is 0 Å². The number of fused-ring (bicyclic) bond motifs is 1. The lowest BCUT2D eigenvalue weighted by atomic mass is 10.0. The van der Waals surface area contributed by atoms with Crippen molar-refractivity contribution in [3.8, 4) is 17.1 Å². The molecule has 1 amide bonds. The SMILES string of the molecule is O=C(Nc1c2ncc(C(O)CO)cc2nn1-c1ccccc1)c1cc(-c2ncccn2)c(CF)cc1Cl. The van der Waals surface area contributed by atoms with E-state index in [-0.39, 0.29) is 27.8 Å². The highest BCUT2D eigenvalue weighted by atomic mass is 35.5. The third-order valence-electron chi connectivity index (χ3n) is 5.71. The van der Waals surface area contributed by atoms with E-state index in [4.69, 9.17) is 11.6 Å². The molecule has 0 bridgehead atoms. The van der Waals surface area contributed by atoms with Crippen LogP contribution in [-0.2, 0) is 6.67 Å². The number of aromatic nitrogens is 5. The first-order valence-electron chi connectivity index (χ1n) is 11.2. The minimum atomic E-state index is -1.12. The van der Waals surface area contributed by atoms with Crippen LogP contribution in [0, 0.1) is 0 Å². The molecule has 2 aromatic carbocycles. The molecule has 3 N–H and O–H groups in total. The number of carbonyl (C=O) groups excluding carboxylic acids is 1. The average molecular weight is 519 g/mol. The third kappa shape index (κ3) is 4.77. The molecule has 0 radical (unpaired) electrons. The van der Waals surface area contributed by atoms with Gasteiger partial charge in [0.1, 0.15) is 23.8 Å². The van der Waals surface area contributed by atoms with Crippen molar-refractivity contribution in [3.05, 3.63) is 94.9 Å². The Kier molecular flexibility index (Phi) is 6.87. The highest BCUT2D eigenvalue weighted by molar-refractivity contribution is 6.34. The summed E-state index contributed by atoms with van der Waals surface area (Å²) in [5.41, 5.74) is 2.46. The molecule has 3 heterocycles. The van der Waals surface area contributed by atoms with Crippen molar-refractivity contribution in [3.63, 3.8) is 0 Å². The fraction of sp³-hybridized carbons (Fsp3) is 0.115. The Morgan fingerprint density at radius 1 is 1.08 bits per heavy atom. The first kappa shape index (κ1) is 24.4. The fourth-order valence-electron chi connectivity index (χ4n) is 3.86. The zero-order chi connectivity index (χ0) is 25.9.